The van der Waals surface area contributed by atoms with Crippen molar-refractivity contribution in [2.24, 2.45) is 0 Å². The molecule has 0 radical (unpaired) electrons. The number of Topliss-reactive ketones (excluding diaryl/α,β-unsaturated/α-hetero) is 1. The number of carbonyl (C=O) groups is 2. The molecular weight excluding hydrogens is 436 g/mol. The molecule has 6 nitrogen and oxygen atoms in total. The third kappa shape index (κ3) is 4.68. The highest BCUT2D eigenvalue weighted by Gasteiger charge is 2.44. The Balaban J connectivity index is 1.73. The number of ketones is 1. The Hall–Kier alpha value is -3.45. The van der Waals surface area contributed by atoms with Gasteiger partial charge in [0, 0.05) is 22.1 Å². The molecule has 0 saturated carbocycles. The number of rotatable bonds is 8. The number of hydrogen-bond donors (Lipinski definition) is 0. The molecule has 1 aliphatic rings. The lowest BCUT2D eigenvalue weighted by molar-refractivity contribution is -0.378. The van der Waals surface area contributed by atoms with E-state index in [1.54, 1.807) is 30.6 Å². The van der Waals surface area contributed by atoms with Crippen LogP contribution < -0.4 is 14.8 Å². The van der Waals surface area contributed by atoms with Crippen LogP contribution in [0.1, 0.15) is 47.4 Å². The minimum Gasteiger partial charge on any atom is -0.872 e. The number of thiophene rings is 1. The van der Waals surface area contributed by atoms with Gasteiger partial charge in [-0.25, -0.2) is 4.98 Å². The average molecular weight is 463 g/mol. The van der Waals surface area contributed by atoms with Crippen LogP contribution >= 0.6 is 11.3 Å². The molecule has 1 aromatic carbocycles. The number of likely N-dealkylation sites (tertiary alicyclic amines) is 1. The van der Waals surface area contributed by atoms with Crippen LogP contribution in [0.5, 0.6) is 5.75 Å². The molecule has 1 saturated heterocycles. The molecule has 1 unspecified atom stereocenters. The fourth-order valence-corrected chi connectivity index (χ4v) is 4.78. The van der Waals surface area contributed by atoms with Crippen LogP contribution in [0, 0.1) is 6.92 Å². The van der Waals surface area contributed by atoms with Crippen molar-refractivity contribution in [2.75, 3.05) is 6.61 Å². The lowest BCUT2D eigenvalue weighted by atomic mass is 9.98. The van der Waals surface area contributed by atoms with Crippen molar-refractivity contribution >= 4 is 28.8 Å². The fraction of sp³-hybridized carbons (Fsp3) is 0.269. The van der Waals surface area contributed by atoms with Crippen molar-refractivity contribution in [1.29, 1.82) is 0 Å². The lowest BCUT2D eigenvalue weighted by Crippen LogP contribution is -2.29. The number of unbranched alkanes of at least 4 members (excludes halogenated alkanes) is 1. The molecule has 1 atom stereocenters. The van der Waals surface area contributed by atoms with Crippen molar-refractivity contribution in [3.8, 4) is 5.75 Å². The number of aromatic amines is 1. The zero-order chi connectivity index (χ0) is 23.4. The number of ether oxygens (including phenoxy) is 1. The van der Waals surface area contributed by atoms with Crippen molar-refractivity contribution in [1.82, 2.24) is 4.90 Å². The molecule has 7 heteroatoms. The summed E-state index contributed by atoms with van der Waals surface area (Å²) in [6.07, 6.45) is 5.54. The number of benzene rings is 1. The zero-order valence-electron chi connectivity index (χ0n) is 18.7. The number of H-pyrrole nitrogens is 1. The first-order valence-electron chi connectivity index (χ1n) is 11.0. The molecule has 1 N–H and O–H groups in total. The summed E-state index contributed by atoms with van der Waals surface area (Å²) in [5, 5.41) is 15.4. The summed E-state index contributed by atoms with van der Waals surface area (Å²) in [7, 11) is 0. The Bertz CT molecular complexity index is 1170. The van der Waals surface area contributed by atoms with Crippen LogP contribution in [0.4, 0.5) is 0 Å². The smallest absolute Gasteiger partial charge is 0.295 e. The minimum absolute atomic E-state index is 0.00131. The molecule has 1 aliphatic heterocycles. The number of pyridine rings is 1. The van der Waals surface area contributed by atoms with Gasteiger partial charge in [0.2, 0.25) is 5.78 Å². The largest absolute Gasteiger partial charge is 0.872 e. The van der Waals surface area contributed by atoms with E-state index in [1.807, 2.05) is 36.6 Å². The summed E-state index contributed by atoms with van der Waals surface area (Å²) in [5.41, 5.74) is 2.04. The van der Waals surface area contributed by atoms with E-state index < -0.39 is 23.5 Å². The highest BCUT2D eigenvalue weighted by atomic mass is 32.1. The van der Waals surface area contributed by atoms with Gasteiger partial charge in [0.05, 0.1) is 19.2 Å². The Morgan fingerprint density at radius 1 is 1.21 bits per heavy atom. The van der Waals surface area contributed by atoms with E-state index in [9.17, 15) is 14.7 Å². The topological polar surface area (TPSA) is 83.8 Å². The van der Waals surface area contributed by atoms with E-state index in [4.69, 9.17) is 4.74 Å². The number of carbonyl (C=O) groups excluding carboxylic acids is 2. The van der Waals surface area contributed by atoms with Crippen LogP contribution in [0.25, 0.3) is 5.76 Å². The van der Waals surface area contributed by atoms with Gasteiger partial charge in [-0.2, -0.15) is 0 Å². The van der Waals surface area contributed by atoms with Gasteiger partial charge in [-0.15, -0.1) is 11.3 Å². The summed E-state index contributed by atoms with van der Waals surface area (Å²) < 4.78 is 5.79. The van der Waals surface area contributed by atoms with Gasteiger partial charge in [-0.1, -0.05) is 31.2 Å². The number of aromatic nitrogens is 1. The molecule has 0 aliphatic carbocycles. The molecule has 3 heterocycles. The maximum Gasteiger partial charge on any atom is 0.295 e. The number of nitrogens with zero attached hydrogens (tertiary/aromatic N) is 1. The first-order chi connectivity index (χ1) is 16.0. The average Bonchev–Trinajstić information content (AvgIpc) is 3.43. The van der Waals surface area contributed by atoms with E-state index >= 15 is 0 Å². The molecule has 2 aromatic heterocycles. The predicted octanol–water partition coefficient (Wildman–Crippen LogP) is 3.47. The standard InChI is InChI=1S/C26H26N2O4S/c1-3-4-12-32-20-10-9-19(14-17(20)2)24(29)22-23(21-8-6-13-33-21)28(26(31)25(22)30)16-18-7-5-11-27-15-18/h5-11,13-15,23,29H,3-4,12,16H2,1-2H3/b24-22+. The summed E-state index contributed by atoms with van der Waals surface area (Å²) in [6.45, 7) is 4.81. The second-order valence-electron chi connectivity index (χ2n) is 8.02. The molecule has 1 amide bonds. The molecule has 0 bridgehead atoms. The van der Waals surface area contributed by atoms with Crippen molar-refractivity contribution < 1.29 is 24.4 Å². The van der Waals surface area contributed by atoms with Crippen molar-refractivity contribution in [3.05, 3.63) is 87.4 Å². The molecule has 1 fully saturated rings. The van der Waals surface area contributed by atoms with Gasteiger partial charge in [-0.05, 0) is 54.1 Å². The minimum atomic E-state index is -0.737. The Kier molecular flexibility index (Phi) is 6.89. The predicted molar refractivity (Wildman–Crippen MR) is 124 cm³/mol. The van der Waals surface area contributed by atoms with E-state index in [0.717, 1.165) is 34.6 Å². The highest BCUT2D eigenvalue weighted by molar-refractivity contribution is 7.10. The Morgan fingerprint density at radius 3 is 2.73 bits per heavy atom. The molecule has 33 heavy (non-hydrogen) atoms. The number of aryl methyl sites for hydroxylation is 1. The van der Waals surface area contributed by atoms with Crippen LogP contribution in [0.2, 0.25) is 0 Å². The lowest BCUT2D eigenvalue weighted by Gasteiger charge is -2.26. The van der Waals surface area contributed by atoms with E-state index in [1.165, 1.54) is 16.2 Å². The number of hydrogen-bond acceptors (Lipinski definition) is 5. The van der Waals surface area contributed by atoms with Gasteiger partial charge in [0.25, 0.3) is 5.91 Å². The maximum atomic E-state index is 13.6. The number of nitrogens with one attached hydrogen (secondary N) is 1. The Morgan fingerprint density at radius 2 is 2.06 bits per heavy atom. The summed E-state index contributed by atoms with van der Waals surface area (Å²) in [5.74, 6) is -1.09. The first kappa shape index (κ1) is 22.7. The van der Waals surface area contributed by atoms with Gasteiger partial charge >= 0.3 is 0 Å². The van der Waals surface area contributed by atoms with Gasteiger partial charge < -0.3 is 14.7 Å². The van der Waals surface area contributed by atoms with Crippen molar-refractivity contribution in [2.45, 2.75) is 39.3 Å². The third-order valence-corrected chi connectivity index (χ3v) is 6.58. The van der Waals surface area contributed by atoms with Gasteiger partial charge in [-0.3, -0.25) is 9.59 Å². The van der Waals surface area contributed by atoms with Crippen LogP contribution in [0.15, 0.2) is 65.8 Å². The third-order valence-electron chi connectivity index (χ3n) is 5.66. The summed E-state index contributed by atoms with van der Waals surface area (Å²) in [4.78, 5) is 31.3. The maximum absolute atomic E-state index is 13.6. The second kappa shape index (κ2) is 10.0. The van der Waals surface area contributed by atoms with Crippen molar-refractivity contribution in [3.63, 3.8) is 0 Å². The normalized spacial score (nSPS) is 17.5. The molecule has 4 rings (SSSR count). The fourth-order valence-electron chi connectivity index (χ4n) is 3.94. The zero-order valence-corrected chi connectivity index (χ0v) is 19.5. The molecular formula is C26H26N2O4S. The molecule has 0 spiro atoms. The molecule has 3 aromatic rings. The highest BCUT2D eigenvalue weighted by Crippen LogP contribution is 2.41. The van der Waals surface area contributed by atoms with Gasteiger partial charge in [0.1, 0.15) is 5.75 Å². The van der Waals surface area contributed by atoms with E-state index in [0.29, 0.717) is 12.2 Å². The summed E-state index contributed by atoms with van der Waals surface area (Å²) in [6, 6.07) is 11.9. The second-order valence-corrected chi connectivity index (χ2v) is 9.00. The van der Waals surface area contributed by atoms with E-state index in [-0.39, 0.29) is 12.1 Å². The monoisotopic (exact) mass is 462 g/mol. The first-order valence-corrected chi connectivity index (χ1v) is 11.9. The van der Waals surface area contributed by atoms with Crippen LogP contribution in [0.3, 0.4) is 0 Å². The van der Waals surface area contributed by atoms with Crippen LogP contribution in [-0.2, 0) is 16.1 Å². The SMILES string of the molecule is CCCCOc1ccc(/C([O-])=C2\C(=O)C(=O)N(Cc3ccc[nH+]c3)C2c2cccs2)cc1C. The number of amides is 1. The van der Waals surface area contributed by atoms with Gasteiger partial charge in [0.15, 0.2) is 12.4 Å². The molecule has 170 valence electrons. The quantitative estimate of drug-likeness (QED) is 0.222. The van der Waals surface area contributed by atoms with Crippen LogP contribution in [-0.4, -0.2) is 23.2 Å². The summed E-state index contributed by atoms with van der Waals surface area (Å²) >= 11 is 1.42. The Labute approximate surface area is 197 Å². The van der Waals surface area contributed by atoms with E-state index in [2.05, 4.69) is 11.9 Å².